The first-order valence-corrected chi connectivity index (χ1v) is 9.86. The van der Waals surface area contributed by atoms with E-state index in [9.17, 15) is 9.59 Å². The Morgan fingerprint density at radius 3 is 2.56 bits per heavy atom. The summed E-state index contributed by atoms with van der Waals surface area (Å²) >= 11 is 0. The molecule has 0 radical (unpaired) electrons. The van der Waals surface area contributed by atoms with E-state index in [1.807, 2.05) is 55.1 Å². The van der Waals surface area contributed by atoms with E-state index in [-0.39, 0.29) is 17.9 Å². The molecule has 6 nitrogen and oxygen atoms in total. The molecule has 144 valence electrons. The molecule has 27 heavy (non-hydrogen) atoms. The largest absolute Gasteiger partial charge is 0.328 e. The molecule has 0 aliphatic heterocycles. The standard InChI is InChI=1S/C21H28N4O2/c1-3-18(25(20(26)4-2)16-12-8-9-13-16)21(27)22-19-14-17(23-24-19)15-10-6-5-7-11-15/h5-7,10-11,14,16,18H,3-4,8-9,12-13H2,1-2H3,(H2,22,23,24,27). The molecule has 1 fully saturated rings. The van der Waals surface area contributed by atoms with E-state index in [0.717, 1.165) is 36.9 Å². The number of hydrogen-bond donors (Lipinski definition) is 2. The number of carbonyl (C=O) groups is 2. The van der Waals surface area contributed by atoms with E-state index >= 15 is 0 Å². The van der Waals surface area contributed by atoms with Crippen LogP contribution in [0.5, 0.6) is 0 Å². The maximum Gasteiger partial charge on any atom is 0.248 e. The van der Waals surface area contributed by atoms with Crippen molar-refractivity contribution in [3.63, 3.8) is 0 Å². The van der Waals surface area contributed by atoms with E-state index in [2.05, 4.69) is 15.5 Å². The van der Waals surface area contributed by atoms with Crippen molar-refractivity contribution in [2.75, 3.05) is 5.32 Å². The fraction of sp³-hybridized carbons (Fsp3) is 0.476. The van der Waals surface area contributed by atoms with Gasteiger partial charge in [0.05, 0.1) is 5.69 Å². The molecule has 1 aromatic heterocycles. The van der Waals surface area contributed by atoms with E-state index in [1.54, 1.807) is 0 Å². The summed E-state index contributed by atoms with van der Waals surface area (Å²) in [6.45, 7) is 3.81. The molecular weight excluding hydrogens is 340 g/mol. The van der Waals surface area contributed by atoms with Gasteiger partial charge in [-0.15, -0.1) is 0 Å². The molecule has 3 rings (SSSR count). The molecule has 1 aromatic carbocycles. The lowest BCUT2D eigenvalue weighted by Gasteiger charge is -2.35. The van der Waals surface area contributed by atoms with Crippen molar-refractivity contribution in [3.8, 4) is 11.3 Å². The molecule has 1 atom stereocenters. The maximum absolute atomic E-state index is 12.9. The van der Waals surface area contributed by atoms with Crippen LogP contribution in [-0.4, -0.2) is 39.0 Å². The molecule has 0 bridgehead atoms. The number of anilines is 1. The smallest absolute Gasteiger partial charge is 0.248 e. The number of H-pyrrole nitrogens is 1. The van der Waals surface area contributed by atoms with Crippen LogP contribution in [0.2, 0.25) is 0 Å². The van der Waals surface area contributed by atoms with Crippen molar-refractivity contribution in [2.45, 2.75) is 64.5 Å². The molecule has 1 aliphatic rings. The van der Waals surface area contributed by atoms with Crippen LogP contribution >= 0.6 is 0 Å². The zero-order valence-electron chi connectivity index (χ0n) is 16.1. The summed E-state index contributed by atoms with van der Waals surface area (Å²) < 4.78 is 0. The van der Waals surface area contributed by atoms with E-state index in [1.165, 1.54) is 0 Å². The van der Waals surface area contributed by atoms with Crippen LogP contribution in [0.15, 0.2) is 36.4 Å². The number of rotatable bonds is 7. The van der Waals surface area contributed by atoms with Crippen LogP contribution in [0.4, 0.5) is 5.82 Å². The molecule has 6 heteroatoms. The van der Waals surface area contributed by atoms with Gasteiger partial charge in [0.2, 0.25) is 11.8 Å². The normalized spacial score (nSPS) is 15.5. The zero-order valence-corrected chi connectivity index (χ0v) is 16.1. The third-order valence-corrected chi connectivity index (χ3v) is 5.25. The Kier molecular flexibility index (Phi) is 6.27. The number of aromatic amines is 1. The molecule has 2 aromatic rings. The van der Waals surface area contributed by atoms with Crippen LogP contribution in [-0.2, 0) is 9.59 Å². The molecule has 2 N–H and O–H groups in total. The highest BCUT2D eigenvalue weighted by atomic mass is 16.2. The summed E-state index contributed by atoms with van der Waals surface area (Å²) in [5.74, 6) is 0.362. The Balaban J connectivity index is 1.74. The first kappa shape index (κ1) is 19.1. The Bertz CT molecular complexity index is 765. The van der Waals surface area contributed by atoms with Gasteiger partial charge in [-0.1, -0.05) is 57.0 Å². The van der Waals surface area contributed by atoms with Crippen LogP contribution < -0.4 is 5.32 Å². The van der Waals surface area contributed by atoms with Crippen molar-refractivity contribution in [1.29, 1.82) is 0 Å². The SMILES string of the molecule is CCC(=O)N(C1CCCC1)C(CC)C(=O)Nc1cc(-c2ccccc2)[nH]n1. The average Bonchev–Trinajstić information content (AvgIpc) is 3.38. The average molecular weight is 368 g/mol. The quantitative estimate of drug-likeness (QED) is 0.776. The third kappa shape index (κ3) is 4.38. The van der Waals surface area contributed by atoms with Gasteiger partial charge in [0.25, 0.3) is 0 Å². The van der Waals surface area contributed by atoms with Gasteiger partial charge >= 0.3 is 0 Å². The van der Waals surface area contributed by atoms with Gasteiger partial charge in [-0.3, -0.25) is 14.7 Å². The highest BCUT2D eigenvalue weighted by Gasteiger charge is 2.34. The summed E-state index contributed by atoms with van der Waals surface area (Å²) in [4.78, 5) is 27.3. The molecule has 1 unspecified atom stereocenters. The highest BCUT2D eigenvalue weighted by Crippen LogP contribution is 2.27. The molecule has 1 heterocycles. The third-order valence-electron chi connectivity index (χ3n) is 5.25. The van der Waals surface area contributed by atoms with E-state index < -0.39 is 6.04 Å². The van der Waals surface area contributed by atoms with Crippen molar-refractivity contribution < 1.29 is 9.59 Å². The monoisotopic (exact) mass is 368 g/mol. The number of amides is 2. The highest BCUT2D eigenvalue weighted by molar-refractivity contribution is 5.97. The van der Waals surface area contributed by atoms with Gasteiger partial charge in [0.1, 0.15) is 6.04 Å². The van der Waals surface area contributed by atoms with Crippen LogP contribution in [0.25, 0.3) is 11.3 Å². The molecular formula is C21H28N4O2. The predicted octanol–water partition coefficient (Wildman–Crippen LogP) is 3.98. The fourth-order valence-electron chi connectivity index (χ4n) is 3.87. The van der Waals surface area contributed by atoms with Gasteiger partial charge in [-0.25, -0.2) is 0 Å². The van der Waals surface area contributed by atoms with Gasteiger partial charge in [0, 0.05) is 18.5 Å². The maximum atomic E-state index is 12.9. The minimum absolute atomic E-state index is 0.0518. The fourth-order valence-corrected chi connectivity index (χ4v) is 3.87. The van der Waals surface area contributed by atoms with Gasteiger partial charge in [-0.05, 0) is 24.8 Å². The Labute approximate surface area is 160 Å². The second kappa shape index (κ2) is 8.84. The minimum atomic E-state index is -0.461. The Morgan fingerprint density at radius 2 is 1.93 bits per heavy atom. The number of hydrogen-bond acceptors (Lipinski definition) is 3. The molecule has 0 saturated heterocycles. The van der Waals surface area contributed by atoms with E-state index in [0.29, 0.717) is 18.7 Å². The first-order valence-electron chi connectivity index (χ1n) is 9.86. The second-order valence-corrected chi connectivity index (χ2v) is 7.04. The number of benzene rings is 1. The summed E-state index contributed by atoms with van der Waals surface area (Å²) in [7, 11) is 0. The molecule has 2 amide bonds. The Hall–Kier alpha value is -2.63. The van der Waals surface area contributed by atoms with Crippen LogP contribution in [0.1, 0.15) is 52.4 Å². The lowest BCUT2D eigenvalue weighted by Crippen LogP contribution is -2.51. The van der Waals surface area contributed by atoms with Crippen molar-refractivity contribution in [3.05, 3.63) is 36.4 Å². The van der Waals surface area contributed by atoms with E-state index in [4.69, 9.17) is 0 Å². The second-order valence-electron chi connectivity index (χ2n) is 7.04. The van der Waals surface area contributed by atoms with Gasteiger partial charge < -0.3 is 10.2 Å². The summed E-state index contributed by atoms with van der Waals surface area (Å²) in [5.41, 5.74) is 1.85. The topological polar surface area (TPSA) is 78.1 Å². The molecule has 0 spiro atoms. The zero-order chi connectivity index (χ0) is 19.2. The predicted molar refractivity (Wildman–Crippen MR) is 106 cm³/mol. The lowest BCUT2D eigenvalue weighted by molar-refractivity contribution is -0.141. The first-order chi connectivity index (χ1) is 13.1. The number of nitrogens with zero attached hydrogens (tertiary/aromatic N) is 2. The number of carbonyl (C=O) groups excluding carboxylic acids is 2. The lowest BCUT2D eigenvalue weighted by atomic mass is 10.1. The number of aromatic nitrogens is 2. The van der Waals surface area contributed by atoms with Crippen LogP contribution in [0.3, 0.4) is 0 Å². The van der Waals surface area contributed by atoms with Gasteiger partial charge in [0.15, 0.2) is 5.82 Å². The molecule has 1 saturated carbocycles. The minimum Gasteiger partial charge on any atom is -0.328 e. The van der Waals surface area contributed by atoms with Gasteiger partial charge in [-0.2, -0.15) is 5.10 Å². The summed E-state index contributed by atoms with van der Waals surface area (Å²) in [5, 5.41) is 10.1. The van der Waals surface area contributed by atoms with Crippen molar-refractivity contribution in [1.82, 2.24) is 15.1 Å². The Morgan fingerprint density at radius 1 is 1.22 bits per heavy atom. The van der Waals surface area contributed by atoms with Crippen molar-refractivity contribution in [2.24, 2.45) is 0 Å². The number of nitrogens with one attached hydrogen (secondary N) is 2. The summed E-state index contributed by atoms with van der Waals surface area (Å²) in [6.07, 6.45) is 5.21. The van der Waals surface area contributed by atoms with Crippen molar-refractivity contribution >= 4 is 17.6 Å². The molecule has 1 aliphatic carbocycles. The summed E-state index contributed by atoms with van der Waals surface area (Å²) in [6, 6.07) is 11.4. The van der Waals surface area contributed by atoms with Crippen LogP contribution in [0, 0.1) is 0 Å².